The van der Waals surface area contributed by atoms with Crippen molar-refractivity contribution in [1.29, 1.82) is 0 Å². The van der Waals surface area contributed by atoms with Crippen LogP contribution in [0.3, 0.4) is 0 Å². The first kappa shape index (κ1) is 20.8. The van der Waals surface area contributed by atoms with Gasteiger partial charge in [0, 0.05) is 38.3 Å². The predicted molar refractivity (Wildman–Crippen MR) is 126 cm³/mol. The Balaban J connectivity index is 1.41. The summed E-state index contributed by atoms with van der Waals surface area (Å²) in [5, 5.41) is 18.1. The van der Waals surface area contributed by atoms with Gasteiger partial charge in [-0.1, -0.05) is 23.7 Å². The fraction of sp³-hybridized carbons (Fsp3) is 0.348. The predicted octanol–water partition coefficient (Wildman–Crippen LogP) is 4.04. The molecule has 0 radical (unpaired) electrons. The van der Waals surface area contributed by atoms with Gasteiger partial charge in [-0.2, -0.15) is 5.10 Å². The molecule has 32 heavy (non-hydrogen) atoms. The normalized spacial score (nSPS) is 18.4. The molecule has 0 aliphatic carbocycles. The van der Waals surface area contributed by atoms with Gasteiger partial charge in [-0.15, -0.1) is 0 Å². The maximum atomic E-state index is 12.8. The second kappa shape index (κ2) is 8.80. The molecule has 1 amide bonds. The smallest absolute Gasteiger partial charge is 0.255 e. The average molecular weight is 452 g/mol. The van der Waals surface area contributed by atoms with Crippen LogP contribution >= 0.6 is 11.6 Å². The van der Waals surface area contributed by atoms with Gasteiger partial charge in [-0.25, -0.2) is 4.98 Å². The third-order valence-electron chi connectivity index (χ3n) is 6.17. The Hall–Kier alpha value is -3.10. The maximum absolute atomic E-state index is 12.8. The van der Waals surface area contributed by atoms with Crippen LogP contribution in [0.5, 0.6) is 0 Å². The van der Waals surface area contributed by atoms with Gasteiger partial charge in [0.15, 0.2) is 0 Å². The van der Waals surface area contributed by atoms with Gasteiger partial charge in [-0.3, -0.25) is 9.89 Å². The summed E-state index contributed by atoms with van der Waals surface area (Å²) in [5.41, 5.74) is 5.09. The van der Waals surface area contributed by atoms with E-state index in [-0.39, 0.29) is 5.91 Å². The largest absolute Gasteiger partial charge is 0.353 e. The van der Waals surface area contributed by atoms with E-state index in [0.29, 0.717) is 28.0 Å². The highest BCUT2D eigenvalue weighted by atomic mass is 35.5. The van der Waals surface area contributed by atoms with E-state index >= 15 is 0 Å². The first-order valence-electron chi connectivity index (χ1n) is 10.9. The third-order valence-corrected chi connectivity index (χ3v) is 6.47. The highest BCUT2D eigenvalue weighted by molar-refractivity contribution is 6.33. The molecule has 1 saturated heterocycles. The molecule has 1 atom stereocenters. The van der Waals surface area contributed by atoms with Gasteiger partial charge >= 0.3 is 0 Å². The number of hydrogen-bond donors (Lipinski definition) is 4. The SMILES string of the molecule is CN1CCc2cccc(Nc3cc(Nc4c[nH]nc4C4CCCNC4)ncc3Cl)c2C1=O. The molecule has 1 unspecified atom stereocenters. The molecule has 4 heterocycles. The monoisotopic (exact) mass is 451 g/mol. The summed E-state index contributed by atoms with van der Waals surface area (Å²) in [6.07, 6.45) is 6.55. The fourth-order valence-electron chi connectivity index (χ4n) is 4.43. The lowest BCUT2D eigenvalue weighted by Crippen LogP contribution is -2.34. The van der Waals surface area contributed by atoms with Crippen LogP contribution in [0.2, 0.25) is 5.02 Å². The van der Waals surface area contributed by atoms with Crippen LogP contribution in [-0.2, 0) is 6.42 Å². The van der Waals surface area contributed by atoms with Crippen molar-refractivity contribution in [3.8, 4) is 0 Å². The summed E-state index contributed by atoms with van der Waals surface area (Å²) in [4.78, 5) is 19.0. The molecule has 1 aromatic carbocycles. The number of piperidine rings is 1. The summed E-state index contributed by atoms with van der Waals surface area (Å²) in [5.74, 6) is 1.03. The average Bonchev–Trinajstić information content (AvgIpc) is 3.27. The second-order valence-corrected chi connectivity index (χ2v) is 8.75. The summed E-state index contributed by atoms with van der Waals surface area (Å²) >= 11 is 6.45. The van der Waals surface area contributed by atoms with E-state index in [2.05, 4.69) is 31.1 Å². The number of H-pyrrole nitrogens is 1. The molecule has 0 saturated carbocycles. The lowest BCUT2D eigenvalue weighted by molar-refractivity contribution is 0.0782. The number of carbonyl (C=O) groups excluding carboxylic acids is 1. The number of benzene rings is 1. The van der Waals surface area contributed by atoms with Crippen LogP contribution < -0.4 is 16.0 Å². The minimum Gasteiger partial charge on any atom is -0.353 e. The molecule has 8 nitrogen and oxygen atoms in total. The van der Waals surface area contributed by atoms with Crippen molar-refractivity contribution in [3.05, 3.63) is 58.5 Å². The van der Waals surface area contributed by atoms with Crippen molar-refractivity contribution >= 4 is 40.4 Å². The lowest BCUT2D eigenvalue weighted by Gasteiger charge is -2.27. The third kappa shape index (κ3) is 4.03. The zero-order valence-electron chi connectivity index (χ0n) is 17.9. The molecular formula is C23H26ClN7O. The number of hydrogen-bond acceptors (Lipinski definition) is 6. The number of nitrogens with one attached hydrogen (secondary N) is 4. The van der Waals surface area contributed by atoms with E-state index in [1.165, 1.54) is 0 Å². The Morgan fingerprint density at radius 2 is 2.12 bits per heavy atom. The standard InChI is InChI=1S/C23H26ClN7O/c1-31-9-7-14-4-2-6-17(21(14)23(31)32)28-18-10-20(26-12-16(18)24)29-19-13-27-30-22(19)15-5-3-8-25-11-15/h2,4,6,10,12-13,15,25H,3,5,7-9,11H2,1H3,(H,27,30)(H2,26,28,29). The molecule has 2 aliphatic rings. The van der Waals surface area contributed by atoms with Gasteiger partial charge in [-0.05, 0) is 37.4 Å². The number of aromatic amines is 1. The molecule has 1 fully saturated rings. The van der Waals surface area contributed by atoms with Crippen LogP contribution in [0.25, 0.3) is 0 Å². The van der Waals surface area contributed by atoms with Crippen LogP contribution in [0.4, 0.5) is 22.9 Å². The molecule has 9 heteroatoms. The number of fused-ring (bicyclic) bond motifs is 1. The van der Waals surface area contributed by atoms with E-state index in [0.717, 1.165) is 61.5 Å². The second-order valence-electron chi connectivity index (χ2n) is 8.34. The first-order valence-corrected chi connectivity index (χ1v) is 11.3. The number of likely N-dealkylation sites (N-methyl/N-ethyl adjacent to an activating group) is 1. The molecule has 4 N–H and O–H groups in total. The number of pyridine rings is 1. The Labute approximate surface area is 191 Å². The molecule has 0 bridgehead atoms. The van der Waals surface area contributed by atoms with Crippen LogP contribution in [0.1, 0.15) is 40.4 Å². The van der Waals surface area contributed by atoms with Gasteiger partial charge in [0.05, 0.1) is 39.5 Å². The molecule has 3 aromatic rings. The molecule has 2 aliphatic heterocycles. The summed E-state index contributed by atoms with van der Waals surface area (Å²) in [6.45, 7) is 2.70. The first-order chi connectivity index (χ1) is 15.6. The molecular weight excluding hydrogens is 426 g/mol. The van der Waals surface area contributed by atoms with Crippen molar-refractivity contribution < 1.29 is 4.79 Å². The molecule has 166 valence electrons. The number of aromatic nitrogens is 3. The van der Waals surface area contributed by atoms with Gasteiger partial charge in [0.1, 0.15) is 5.82 Å². The van der Waals surface area contributed by atoms with Crippen LogP contribution in [-0.4, -0.2) is 52.7 Å². The van der Waals surface area contributed by atoms with E-state index in [4.69, 9.17) is 11.6 Å². The van der Waals surface area contributed by atoms with E-state index in [1.54, 1.807) is 11.1 Å². The van der Waals surface area contributed by atoms with Crippen LogP contribution in [0, 0.1) is 0 Å². The maximum Gasteiger partial charge on any atom is 0.255 e. The minimum atomic E-state index is 0.0157. The van der Waals surface area contributed by atoms with Crippen molar-refractivity contribution in [2.75, 3.05) is 37.3 Å². The van der Waals surface area contributed by atoms with Crippen LogP contribution in [0.15, 0.2) is 36.7 Å². The molecule has 2 aromatic heterocycles. The lowest BCUT2D eigenvalue weighted by atomic mass is 9.95. The Morgan fingerprint density at radius 3 is 2.97 bits per heavy atom. The van der Waals surface area contributed by atoms with Gasteiger partial charge in [0.2, 0.25) is 0 Å². The summed E-state index contributed by atoms with van der Waals surface area (Å²) in [7, 11) is 1.83. The number of carbonyl (C=O) groups is 1. The van der Waals surface area contributed by atoms with Gasteiger partial charge in [0.25, 0.3) is 5.91 Å². The van der Waals surface area contributed by atoms with E-state index < -0.39 is 0 Å². The quantitative estimate of drug-likeness (QED) is 0.467. The Morgan fingerprint density at radius 1 is 1.22 bits per heavy atom. The highest BCUT2D eigenvalue weighted by Crippen LogP contribution is 2.34. The van der Waals surface area contributed by atoms with Crippen molar-refractivity contribution in [2.45, 2.75) is 25.2 Å². The van der Waals surface area contributed by atoms with E-state index in [1.807, 2.05) is 37.5 Å². The number of nitrogens with zero attached hydrogens (tertiary/aromatic N) is 3. The number of rotatable bonds is 5. The van der Waals surface area contributed by atoms with Gasteiger partial charge < -0.3 is 20.9 Å². The molecule has 0 spiro atoms. The number of halogens is 1. The number of amides is 1. The van der Waals surface area contributed by atoms with E-state index in [9.17, 15) is 4.79 Å². The topological polar surface area (TPSA) is 98.0 Å². The fourth-order valence-corrected chi connectivity index (χ4v) is 4.58. The highest BCUT2D eigenvalue weighted by Gasteiger charge is 2.25. The molecule has 5 rings (SSSR count). The van der Waals surface area contributed by atoms with Crippen molar-refractivity contribution in [3.63, 3.8) is 0 Å². The number of anilines is 4. The Kier molecular flexibility index (Phi) is 5.71. The summed E-state index contributed by atoms with van der Waals surface area (Å²) in [6, 6.07) is 7.73. The zero-order chi connectivity index (χ0) is 22.1. The summed E-state index contributed by atoms with van der Waals surface area (Å²) < 4.78 is 0. The Bertz CT molecular complexity index is 1140. The van der Waals surface area contributed by atoms with Crippen molar-refractivity contribution in [1.82, 2.24) is 25.4 Å². The zero-order valence-corrected chi connectivity index (χ0v) is 18.7. The van der Waals surface area contributed by atoms with Crippen molar-refractivity contribution in [2.24, 2.45) is 0 Å². The minimum absolute atomic E-state index is 0.0157.